The van der Waals surface area contributed by atoms with Crippen LogP contribution in [0.5, 0.6) is 0 Å². The molecule has 15 heavy (non-hydrogen) atoms. The Labute approximate surface area is 87.8 Å². The molecule has 0 bridgehead atoms. The molecule has 0 aliphatic heterocycles. The fraction of sp³-hybridized carbons (Fsp3) is 0.0833. The smallest absolute Gasteiger partial charge is 0.168 e. The van der Waals surface area contributed by atoms with Gasteiger partial charge in [0, 0.05) is 23.7 Å². The molecule has 0 unspecified atom stereocenters. The van der Waals surface area contributed by atoms with E-state index in [1.165, 1.54) is 0 Å². The molecule has 0 aromatic carbocycles. The van der Waals surface area contributed by atoms with Gasteiger partial charge in [-0.15, -0.1) is 0 Å². The molecule has 0 N–H and O–H groups in total. The van der Waals surface area contributed by atoms with Crippen molar-refractivity contribution >= 4 is 6.29 Å². The van der Waals surface area contributed by atoms with Crippen LogP contribution < -0.4 is 0 Å². The zero-order valence-electron chi connectivity index (χ0n) is 8.34. The van der Waals surface area contributed by atoms with Crippen LogP contribution in [0.2, 0.25) is 0 Å². The monoisotopic (exact) mass is 198 g/mol. The quantitative estimate of drug-likeness (QED) is 0.695. The van der Waals surface area contributed by atoms with E-state index in [0.29, 0.717) is 5.69 Å². The van der Waals surface area contributed by atoms with Crippen LogP contribution in [0.4, 0.5) is 0 Å². The van der Waals surface area contributed by atoms with E-state index in [-0.39, 0.29) is 0 Å². The molecule has 0 spiro atoms. The summed E-state index contributed by atoms with van der Waals surface area (Å²) in [6, 6.07) is 7.46. The lowest BCUT2D eigenvalue weighted by molar-refractivity contribution is 0.111. The van der Waals surface area contributed by atoms with E-state index in [2.05, 4.69) is 9.97 Å². The maximum absolute atomic E-state index is 10.5. The lowest BCUT2D eigenvalue weighted by Gasteiger charge is -2.04. The second kappa shape index (κ2) is 4.00. The van der Waals surface area contributed by atoms with Crippen molar-refractivity contribution in [1.82, 2.24) is 9.97 Å². The molecular formula is C12H10N2O. The predicted molar refractivity (Wildman–Crippen MR) is 57.6 cm³/mol. The Morgan fingerprint density at radius 3 is 2.47 bits per heavy atom. The summed E-state index contributed by atoms with van der Waals surface area (Å²) < 4.78 is 0. The summed E-state index contributed by atoms with van der Waals surface area (Å²) in [4.78, 5) is 18.7. The van der Waals surface area contributed by atoms with E-state index in [0.717, 1.165) is 23.1 Å². The Bertz CT molecular complexity index is 480. The highest BCUT2D eigenvalue weighted by molar-refractivity contribution is 5.74. The summed E-state index contributed by atoms with van der Waals surface area (Å²) in [6.07, 6.45) is 4.23. The van der Waals surface area contributed by atoms with E-state index < -0.39 is 0 Å². The van der Waals surface area contributed by atoms with Gasteiger partial charge in [0.2, 0.25) is 0 Å². The SMILES string of the molecule is Cc1nc(C=O)ccc1-c1ccncc1. The van der Waals surface area contributed by atoms with Gasteiger partial charge in [0.15, 0.2) is 6.29 Å². The highest BCUT2D eigenvalue weighted by Gasteiger charge is 2.03. The summed E-state index contributed by atoms with van der Waals surface area (Å²) in [5, 5.41) is 0. The van der Waals surface area contributed by atoms with Crippen LogP contribution in [0.3, 0.4) is 0 Å². The van der Waals surface area contributed by atoms with Crippen molar-refractivity contribution in [1.29, 1.82) is 0 Å². The zero-order valence-corrected chi connectivity index (χ0v) is 8.34. The van der Waals surface area contributed by atoms with Crippen molar-refractivity contribution in [3.63, 3.8) is 0 Å². The molecule has 0 saturated carbocycles. The van der Waals surface area contributed by atoms with Gasteiger partial charge in [-0.25, -0.2) is 4.98 Å². The Hall–Kier alpha value is -2.03. The number of aldehydes is 1. The van der Waals surface area contributed by atoms with E-state index in [9.17, 15) is 4.79 Å². The van der Waals surface area contributed by atoms with E-state index in [1.807, 2.05) is 25.1 Å². The molecule has 0 fully saturated rings. The van der Waals surface area contributed by atoms with Gasteiger partial charge in [0.25, 0.3) is 0 Å². The largest absolute Gasteiger partial charge is 0.296 e. The number of rotatable bonds is 2. The van der Waals surface area contributed by atoms with Crippen molar-refractivity contribution in [2.45, 2.75) is 6.92 Å². The number of carbonyl (C=O) groups excluding carboxylic acids is 1. The molecule has 74 valence electrons. The molecule has 3 heteroatoms. The normalized spacial score (nSPS) is 9.93. The zero-order chi connectivity index (χ0) is 10.7. The standard InChI is InChI=1S/C12H10N2O/c1-9-12(3-2-11(8-15)14-9)10-4-6-13-7-5-10/h2-8H,1H3. The number of aromatic nitrogens is 2. The fourth-order valence-corrected chi connectivity index (χ4v) is 1.48. The number of carbonyl (C=O) groups is 1. The summed E-state index contributed by atoms with van der Waals surface area (Å²) in [6.45, 7) is 1.89. The summed E-state index contributed by atoms with van der Waals surface area (Å²) >= 11 is 0. The van der Waals surface area contributed by atoms with Gasteiger partial charge in [-0.05, 0) is 30.7 Å². The third-order valence-corrected chi connectivity index (χ3v) is 2.22. The van der Waals surface area contributed by atoms with Crippen molar-refractivity contribution in [3.8, 4) is 11.1 Å². The summed E-state index contributed by atoms with van der Waals surface area (Å²) in [5.41, 5.74) is 3.41. The number of nitrogens with zero attached hydrogens (tertiary/aromatic N) is 2. The average molecular weight is 198 g/mol. The van der Waals surface area contributed by atoms with Crippen LogP contribution in [-0.2, 0) is 0 Å². The van der Waals surface area contributed by atoms with Gasteiger partial charge in [-0.1, -0.05) is 6.07 Å². The second-order valence-corrected chi connectivity index (χ2v) is 3.22. The van der Waals surface area contributed by atoms with Crippen LogP contribution in [0.25, 0.3) is 11.1 Å². The average Bonchev–Trinajstić information content (AvgIpc) is 2.30. The molecule has 0 radical (unpaired) electrons. The molecule has 0 amide bonds. The first-order chi connectivity index (χ1) is 7.31. The molecule has 2 aromatic heterocycles. The maximum Gasteiger partial charge on any atom is 0.168 e. The third-order valence-electron chi connectivity index (χ3n) is 2.22. The van der Waals surface area contributed by atoms with Gasteiger partial charge >= 0.3 is 0 Å². The summed E-state index contributed by atoms with van der Waals surface area (Å²) in [7, 11) is 0. The van der Waals surface area contributed by atoms with Crippen molar-refractivity contribution in [3.05, 3.63) is 48.0 Å². The topological polar surface area (TPSA) is 42.9 Å². The number of hydrogen-bond donors (Lipinski definition) is 0. The lowest BCUT2D eigenvalue weighted by atomic mass is 10.1. The Morgan fingerprint density at radius 1 is 1.13 bits per heavy atom. The molecule has 0 saturated heterocycles. The van der Waals surface area contributed by atoms with Gasteiger partial charge in [0.05, 0.1) is 0 Å². The van der Waals surface area contributed by atoms with Gasteiger partial charge in [0.1, 0.15) is 5.69 Å². The number of aryl methyl sites for hydroxylation is 1. The van der Waals surface area contributed by atoms with Crippen molar-refractivity contribution in [2.24, 2.45) is 0 Å². The van der Waals surface area contributed by atoms with E-state index in [1.54, 1.807) is 18.5 Å². The number of pyridine rings is 2. The van der Waals surface area contributed by atoms with Gasteiger partial charge in [-0.3, -0.25) is 9.78 Å². The van der Waals surface area contributed by atoms with E-state index in [4.69, 9.17) is 0 Å². The summed E-state index contributed by atoms with van der Waals surface area (Å²) in [5.74, 6) is 0. The van der Waals surface area contributed by atoms with Crippen LogP contribution >= 0.6 is 0 Å². The Balaban J connectivity index is 2.51. The Morgan fingerprint density at radius 2 is 1.87 bits per heavy atom. The lowest BCUT2D eigenvalue weighted by Crippen LogP contribution is -1.92. The molecule has 0 atom stereocenters. The second-order valence-electron chi connectivity index (χ2n) is 3.22. The molecule has 0 aliphatic carbocycles. The third kappa shape index (κ3) is 1.91. The molecule has 2 rings (SSSR count). The van der Waals surface area contributed by atoms with Crippen LogP contribution in [-0.4, -0.2) is 16.3 Å². The van der Waals surface area contributed by atoms with Crippen molar-refractivity contribution < 1.29 is 4.79 Å². The first kappa shape index (κ1) is 9.52. The highest BCUT2D eigenvalue weighted by Crippen LogP contribution is 2.20. The molecule has 0 aliphatic rings. The number of hydrogen-bond acceptors (Lipinski definition) is 3. The Kier molecular flexibility index (Phi) is 2.54. The van der Waals surface area contributed by atoms with Crippen molar-refractivity contribution in [2.75, 3.05) is 0 Å². The van der Waals surface area contributed by atoms with Gasteiger partial charge < -0.3 is 0 Å². The van der Waals surface area contributed by atoms with Crippen LogP contribution in [0.15, 0.2) is 36.7 Å². The van der Waals surface area contributed by atoms with Crippen LogP contribution in [0.1, 0.15) is 16.2 Å². The minimum Gasteiger partial charge on any atom is -0.296 e. The highest BCUT2D eigenvalue weighted by atomic mass is 16.1. The van der Waals surface area contributed by atoms with Gasteiger partial charge in [-0.2, -0.15) is 0 Å². The fourth-order valence-electron chi connectivity index (χ4n) is 1.48. The minimum atomic E-state index is 0.463. The van der Waals surface area contributed by atoms with Crippen LogP contribution in [0, 0.1) is 6.92 Å². The maximum atomic E-state index is 10.5. The molecule has 3 nitrogen and oxygen atoms in total. The molecular weight excluding hydrogens is 188 g/mol. The minimum absolute atomic E-state index is 0.463. The predicted octanol–water partition coefficient (Wildman–Crippen LogP) is 2.26. The first-order valence-electron chi connectivity index (χ1n) is 4.64. The molecule has 2 heterocycles. The van der Waals surface area contributed by atoms with E-state index >= 15 is 0 Å². The first-order valence-corrected chi connectivity index (χ1v) is 4.64. The molecule has 2 aromatic rings.